The van der Waals surface area contributed by atoms with Gasteiger partial charge in [0.25, 0.3) is 0 Å². The van der Waals surface area contributed by atoms with Gasteiger partial charge in [0, 0.05) is 0 Å². The molecule has 22 heavy (non-hydrogen) atoms. The summed E-state index contributed by atoms with van der Waals surface area (Å²) in [5.74, 6) is 6.37. The van der Waals surface area contributed by atoms with Crippen LogP contribution in [0.3, 0.4) is 0 Å². The van der Waals surface area contributed by atoms with Crippen molar-refractivity contribution < 1.29 is 10.1 Å². The van der Waals surface area contributed by atoms with Crippen molar-refractivity contribution in [2.75, 3.05) is 0 Å². The van der Waals surface area contributed by atoms with E-state index in [0.717, 1.165) is 22.4 Å². The number of hydrogen-bond donors (Lipinski definition) is 0. The molecule has 118 valence electrons. The van der Waals surface area contributed by atoms with Crippen LogP contribution in [0.2, 0.25) is 17.3 Å². The number of hydrogen-bond acceptors (Lipinski definition) is 0. The molecule has 0 aliphatic carbocycles. The summed E-state index contributed by atoms with van der Waals surface area (Å²) in [6, 6.07) is 7.47. The zero-order valence-corrected chi connectivity index (χ0v) is 16.9. The van der Waals surface area contributed by atoms with Crippen LogP contribution < -0.4 is 8.96 Å². The minimum absolute atomic E-state index is 0.365. The second kappa shape index (κ2) is 6.19. The van der Waals surface area contributed by atoms with Crippen molar-refractivity contribution in [3.63, 3.8) is 0 Å². The number of nitrogens with zero attached hydrogens (tertiary/aromatic N) is 1. The average molecular weight is 361 g/mol. The van der Waals surface area contributed by atoms with Gasteiger partial charge in [-0.3, -0.25) is 0 Å². The van der Waals surface area contributed by atoms with Crippen LogP contribution >= 0.6 is 0 Å². The topological polar surface area (TPSA) is 3.88 Å². The normalized spacial score (nSPS) is 15.8. The van der Waals surface area contributed by atoms with Gasteiger partial charge in [0.1, 0.15) is 0 Å². The molecule has 2 heteroatoms. The molecule has 0 bridgehead atoms. The van der Waals surface area contributed by atoms with Crippen LogP contribution in [0.5, 0.6) is 0 Å². The standard InChI is InChI=1S/C20H30GeN/c1-14(2)18-12-20(17-10-9-15(3)11-16(17)4)22(8)13-19(18)21(5,6)7/h9-14H,1-8H3/q+1/i3D3,14D. The maximum atomic E-state index is 8.64. The van der Waals surface area contributed by atoms with Gasteiger partial charge in [-0.05, 0) is 0 Å². The summed E-state index contributed by atoms with van der Waals surface area (Å²) in [5.41, 5.74) is 4.42. The molecule has 0 amide bonds. The van der Waals surface area contributed by atoms with Crippen molar-refractivity contribution in [1.29, 1.82) is 0 Å². The Balaban J connectivity index is 2.72. The molecule has 0 saturated heterocycles. The third kappa shape index (κ3) is 3.45. The Morgan fingerprint density at radius 3 is 2.36 bits per heavy atom. The van der Waals surface area contributed by atoms with E-state index in [0.29, 0.717) is 5.56 Å². The summed E-state index contributed by atoms with van der Waals surface area (Å²) < 4.78 is 34.9. The van der Waals surface area contributed by atoms with Crippen LogP contribution in [0.25, 0.3) is 11.3 Å². The molecule has 2 aromatic rings. The van der Waals surface area contributed by atoms with Crippen molar-refractivity contribution in [1.82, 2.24) is 0 Å². The van der Waals surface area contributed by atoms with Crippen molar-refractivity contribution in [3.05, 3.63) is 47.2 Å². The molecular weight excluding hydrogens is 327 g/mol. The molecule has 1 nitrogen and oxygen atoms in total. The second-order valence-electron chi connectivity index (χ2n) is 7.38. The zero-order valence-electron chi connectivity index (χ0n) is 18.8. The first kappa shape index (κ1) is 12.3. The molecule has 0 fully saturated rings. The van der Waals surface area contributed by atoms with E-state index in [4.69, 9.17) is 5.48 Å². The third-order valence-electron chi connectivity index (χ3n) is 4.12. The summed E-state index contributed by atoms with van der Waals surface area (Å²) in [6.07, 6.45) is 2.19. The van der Waals surface area contributed by atoms with Gasteiger partial charge in [-0.15, -0.1) is 0 Å². The van der Waals surface area contributed by atoms with Gasteiger partial charge in [-0.1, -0.05) is 0 Å². The Morgan fingerprint density at radius 1 is 1.18 bits per heavy atom. The van der Waals surface area contributed by atoms with Crippen LogP contribution in [0.15, 0.2) is 30.5 Å². The predicted octanol–water partition coefficient (Wildman–Crippen LogP) is 4.46. The fraction of sp³-hybridized carbons (Fsp3) is 0.450. The van der Waals surface area contributed by atoms with Gasteiger partial charge >= 0.3 is 144 Å². The van der Waals surface area contributed by atoms with E-state index in [1.165, 1.54) is 4.40 Å². The molecular formula is C20H30GeN+. The SMILES string of the molecule is [2H]C([2H])([2H])c1ccc(-c2cc(C([2H])(C)C)[c]([Ge]([CH3])([CH3])[CH3])c[n+]2C)c(C)c1. The predicted molar refractivity (Wildman–Crippen MR) is 99.6 cm³/mol. The van der Waals surface area contributed by atoms with Gasteiger partial charge in [0.05, 0.1) is 0 Å². The third-order valence-corrected chi connectivity index (χ3v) is 8.35. The van der Waals surface area contributed by atoms with E-state index in [1.807, 2.05) is 33.9 Å². The van der Waals surface area contributed by atoms with Crippen molar-refractivity contribution in [2.24, 2.45) is 7.05 Å². The van der Waals surface area contributed by atoms with E-state index in [1.54, 1.807) is 12.1 Å². The molecule has 0 spiro atoms. The van der Waals surface area contributed by atoms with E-state index < -0.39 is 26.0 Å². The number of rotatable bonds is 3. The summed E-state index contributed by atoms with van der Waals surface area (Å²) in [6.45, 7) is 3.73. The average Bonchev–Trinajstić information content (AvgIpc) is 2.44. The Bertz CT molecular complexity index is 827. The first-order chi connectivity index (χ1) is 11.6. The van der Waals surface area contributed by atoms with Crippen molar-refractivity contribution in [2.45, 2.75) is 50.8 Å². The molecule has 0 N–H and O–H groups in total. The van der Waals surface area contributed by atoms with Crippen LogP contribution in [-0.4, -0.2) is 13.3 Å². The summed E-state index contributed by atoms with van der Waals surface area (Å²) >= 11 is -2.14. The van der Waals surface area contributed by atoms with Gasteiger partial charge in [-0.2, -0.15) is 0 Å². The summed E-state index contributed by atoms with van der Waals surface area (Å²) in [4.78, 5) is 0. The second-order valence-corrected chi connectivity index (χ2v) is 17.9. The van der Waals surface area contributed by atoms with Gasteiger partial charge in [0.2, 0.25) is 0 Å². The van der Waals surface area contributed by atoms with E-state index in [9.17, 15) is 0 Å². The van der Waals surface area contributed by atoms with Crippen LogP contribution in [0.1, 0.15) is 41.9 Å². The fourth-order valence-electron chi connectivity index (χ4n) is 2.88. The Labute approximate surface area is 144 Å². The summed E-state index contributed by atoms with van der Waals surface area (Å²) in [7, 11) is 2.03. The van der Waals surface area contributed by atoms with E-state index >= 15 is 0 Å². The molecule has 1 aromatic heterocycles. The number of pyridine rings is 1. The maximum absolute atomic E-state index is 8.64. The quantitative estimate of drug-likeness (QED) is 0.561. The van der Waals surface area contributed by atoms with Gasteiger partial charge in [-0.25, -0.2) is 0 Å². The van der Waals surface area contributed by atoms with Gasteiger partial charge < -0.3 is 0 Å². The molecule has 1 aromatic carbocycles. The van der Waals surface area contributed by atoms with E-state index in [-0.39, 0.29) is 0 Å². The van der Waals surface area contributed by atoms with Crippen molar-refractivity contribution in [3.8, 4) is 11.3 Å². The Kier molecular flexibility index (Phi) is 3.48. The minimum atomic E-state index is -2.14. The summed E-state index contributed by atoms with van der Waals surface area (Å²) in [5, 5.41) is 0. The Morgan fingerprint density at radius 2 is 1.86 bits per heavy atom. The first-order valence-corrected chi connectivity index (χ1v) is 15.1. The first-order valence-electron chi connectivity index (χ1n) is 9.78. The van der Waals surface area contributed by atoms with Crippen LogP contribution in [0.4, 0.5) is 0 Å². The van der Waals surface area contributed by atoms with Crippen molar-refractivity contribution >= 4 is 17.7 Å². The molecule has 2 rings (SSSR count). The number of aryl methyl sites for hydroxylation is 3. The molecule has 0 radical (unpaired) electrons. The molecule has 0 saturated carbocycles. The fourth-order valence-corrected chi connectivity index (χ4v) is 6.47. The molecule has 0 aliphatic heterocycles. The molecule has 0 aliphatic rings. The number of benzene rings is 1. The number of aromatic nitrogens is 1. The van der Waals surface area contributed by atoms with E-state index in [2.05, 4.69) is 34.1 Å². The molecule has 0 atom stereocenters. The van der Waals surface area contributed by atoms with Crippen LogP contribution in [0, 0.1) is 13.8 Å². The zero-order chi connectivity index (χ0) is 20.1. The Hall–Kier alpha value is -1.09. The van der Waals surface area contributed by atoms with Crippen LogP contribution in [-0.2, 0) is 7.05 Å². The molecule has 1 heterocycles. The monoisotopic (exact) mass is 362 g/mol. The van der Waals surface area contributed by atoms with Gasteiger partial charge in [0.15, 0.2) is 0 Å². The molecule has 0 unspecified atom stereocenters.